The number of methoxy groups -OCH3 is 1. The summed E-state index contributed by atoms with van der Waals surface area (Å²) >= 11 is 0. The minimum absolute atomic E-state index is 0.0894. The van der Waals surface area contributed by atoms with E-state index in [-0.39, 0.29) is 36.3 Å². The Labute approximate surface area is 380 Å². The standard InChI is InChI=1S/C50H71BN4O9/c1-12-32(30-60-29-31-17-20-36(59-11)21-18-31)42(51-63-40-22-19-34-25-35(49(34,8)9)27-50(40,10)64-51)54-43(56)39-26-37(61-44-38-16-14-13-15-33(38)23-24-52-44)28-55(39)45(57)41(47(2,3)4)53-46(58)62-48(5,6)7/h13-18,20-21,23-24,32,34-35,37,39-42H,12,19,22,25-30H2,1-11H3,(H,53,58)(H,54,56)/t32?,34-,35-,37+,39-,40+,41+,42?,50+/m0/s1. The van der Waals surface area contributed by atoms with Gasteiger partial charge in [0.15, 0.2) is 0 Å². The summed E-state index contributed by atoms with van der Waals surface area (Å²) in [4.78, 5) is 49.5. The lowest BCUT2D eigenvalue weighted by molar-refractivity contribution is -0.142. The van der Waals surface area contributed by atoms with Gasteiger partial charge in [0.2, 0.25) is 17.7 Å². The average molecular weight is 883 g/mol. The van der Waals surface area contributed by atoms with Crippen LogP contribution in [0.2, 0.25) is 0 Å². The summed E-state index contributed by atoms with van der Waals surface area (Å²) in [6.45, 7) is 20.8. The van der Waals surface area contributed by atoms with Crippen molar-refractivity contribution in [3.05, 3.63) is 66.4 Å². The normalized spacial score (nSPS) is 26.7. The molecule has 2 saturated heterocycles. The van der Waals surface area contributed by atoms with Gasteiger partial charge in [-0.3, -0.25) is 9.59 Å². The van der Waals surface area contributed by atoms with E-state index in [2.05, 4.69) is 43.3 Å². The van der Waals surface area contributed by atoms with Crippen molar-refractivity contribution in [2.75, 3.05) is 20.3 Å². The van der Waals surface area contributed by atoms with Crippen LogP contribution in [-0.4, -0.2) is 96.6 Å². The highest BCUT2D eigenvalue weighted by atomic mass is 16.7. The van der Waals surface area contributed by atoms with Gasteiger partial charge in [0.25, 0.3) is 0 Å². The number of alkyl carbamates (subject to hydrolysis) is 1. The predicted octanol–water partition coefficient (Wildman–Crippen LogP) is 8.31. The first-order chi connectivity index (χ1) is 30.2. The number of nitrogens with one attached hydrogen (secondary N) is 2. The van der Waals surface area contributed by atoms with E-state index in [0.717, 1.165) is 41.3 Å². The van der Waals surface area contributed by atoms with E-state index in [4.69, 9.17) is 28.3 Å². The lowest BCUT2D eigenvalue weighted by Crippen LogP contribution is -2.60. The lowest BCUT2D eigenvalue weighted by Gasteiger charge is -2.57. The highest BCUT2D eigenvalue weighted by Gasteiger charge is 2.60. The van der Waals surface area contributed by atoms with Gasteiger partial charge >= 0.3 is 13.2 Å². The smallest absolute Gasteiger partial charge is 0.482 e. The number of nitrogens with zero attached hydrogens (tertiary/aromatic N) is 2. The summed E-state index contributed by atoms with van der Waals surface area (Å²) in [6, 6.07) is 15.5. The molecule has 3 heterocycles. The number of likely N-dealkylation sites (tertiary alicyclic amines) is 1. The Morgan fingerprint density at radius 2 is 1.69 bits per heavy atom. The van der Waals surface area contributed by atoms with Crippen LogP contribution in [0.3, 0.4) is 0 Å². The molecular formula is C50H71BN4O9. The molecule has 2 aliphatic heterocycles. The third kappa shape index (κ3) is 10.5. The molecule has 8 rings (SSSR count). The first kappa shape index (κ1) is 47.6. The molecule has 3 amide bonds. The monoisotopic (exact) mass is 883 g/mol. The number of carbonyl (C=O) groups excluding carboxylic acids is 3. The molecule has 3 saturated carbocycles. The van der Waals surface area contributed by atoms with Gasteiger partial charge in [-0.25, -0.2) is 9.78 Å². The Morgan fingerprint density at radius 3 is 2.36 bits per heavy atom. The zero-order valence-corrected chi connectivity index (χ0v) is 39.9. The number of benzene rings is 2. The number of rotatable bonds is 14. The third-order valence-corrected chi connectivity index (χ3v) is 14.4. The fourth-order valence-corrected chi connectivity index (χ4v) is 10.3. The predicted molar refractivity (Wildman–Crippen MR) is 247 cm³/mol. The molecule has 5 fully saturated rings. The van der Waals surface area contributed by atoms with Crippen LogP contribution >= 0.6 is 0 Å². The Morgan fingerprint density at radius 1 is 0.953 bits per heavy atom. The number of carbonyl (C=O) groups is 3. The summed E-state index contributed by atoms with van der Waals surface area (Å²) in [5.41, 5.74) is -0.820. The molecule has 348 valence electrons. The van der Waals surface area contributed by atoms with E-state index in [1.807, 2.05) is 75.4 Å². The van der Waals surface area contributed by atoms with Crippen molar-refractivity contribution in [1.29, 1.82) is 0 Å². The summed E-state index contributed by atoms with van der Waals surface area (Å²) in [5.74, 6) is 0.766. The Kier molecular flexibility index (Phi) is 14.0. The van der Waals surface area contributed by atoms with Crippen LogP contribution in [0.5, 0.6) is 11.6 Å². The molecule has 5 aliphatic rings. The fourth-order valence-electron chi connectivity index (χ4n) is 10.3. The number of aromatic nitrogens is 1. The van der Waals surface area contributed by atoms with Crippen LogP contribution in [0.1, 0.15) is 113 Å². The molecule has 2 unspecified atom stereocenters. The third-order valence-electron chi connectivity index (χ3n) is 14.4. The molecule has 9 atom stereocenters. The van der Waals surface area contributed by atoms with E-state index in [0.29, 0.717) is 37.4 Å². The first-order valence-electron chi connectivity index (χ1n) is 23.3. The molecular weight excluding hydrogens is 811 g/mol. The molecule has 13 nitrogen and oxygen atoms in total. The quantitative estimate of drug-likeness (QED) is 0.152. The SMILES string of the molecule is CCC(COCc1ccc(OC)cc1)C(NC(=O)[C@@H]1C[C@@H](Oc2nccc3ccccc23)CN1C(=O)[C@@H](NC(=O)OC(C)(C)C)C(C)(C)C)B1O[C@@H]2CC[C@H]3C[C@@H](C[C@@]2(C)O1)C3(C)C. The van der Waals surface area contributed by atoms with Gasteiger partial charge in [0, 0.05) is 23.9 Å². The molecule has 0 radical (unpaired) electrons. The van der Waals surface area contributed by atoms with Gasteiger partial charge < -0.3 is 43.8 Å². The highest BCUT2D eigenvalue weighted by molar-refractivity contribution is 6.48. The zero-order valence-electron chi connectivity index (χ0n) is 39.9. The molecule has 3 aromatic rings. The first-order valence-corrected chi connectivity index (χ1v) is 23.3. The molecule has 64 heavy (non-hydrogen) atoms. The van der Waals surface area contributed by atoms with E-state index in [9.17, 15) is 9.59 Å². The van der Waals surface area contributed by atoms with Gasteiger partial charge in [-0.05, 0) is 118 Å². The van der Waals surface area contributed by atoms with Crippen molar-refractivity contribution < 1.29 is 42.6 Å². The maximum absolute atomic E-state index is 15.2. The second-order valence-corrected chi connectivity index (χ2v) is 21.5. The Balaban J connectivity index is 1.18. The number of ether oxygens (including phenoxy) is 4. The molecule has 2 bridgehead atoms. The molecule has 0 spiro atoms. The number of amides is 3. The van der Waals surface area contributed by atoms with Crippen molar-refractivity contribution in [2.24, 2.45) is 28.6 Å². The number of pyridine rings is 1. The van der Waals surface area contributed by atoms with Crippen molar-refractivity contribution >= 4 is 35.8 Å². The van der Waals surface area contributed by atoms with E-state index >= 15 is 4.79 Å². The second-order valence-electron chi connectivity index (χ2n) is 21.5. The van der Waals surface area contributed by atoms with Crippen LogP contribution in [0, 0.1) is 28.6 Å². The summed E-state index contributed by atoms with van der Waals surface area (Å²) in [5, 5.41) is 8.03. The van der Waals surface area contributed by atoms with Gasteiger partial charge in [0.05, 0.1) is 44.5 Å². The number of hydrogen-bond acceptors (Lipinski definition) is 10. The Hall–Kier alpha value is -4.40. The van der Waals surface area contributed by atoms with Crippen molar-refractivity contribution in [1.82, 2.24) is 20.5 Å². The average Bonchev–Trinajstić information content (AvgIpc) is 3.80. The summed E-state index contributed by atoms with van der Waals surface area (Å²) in [6.07, 6.45) is 5.14. The second kappa shape index (κ2) is 18.8. The van der Waals surface area contributed by atoms with Crippen LogP contribution in [0.25, 0.3) is 10.8 Å². The van der Waals surface area contributed by atoms with Crippen molar-refractivity contribution in [3.63, 3.8) is 0 Å². The van der Waals surface area contributed by atoms with E-state index < -0.39 is 59.9 Å². The highest BCUT2D eigenvalue weighted by Crippen LogP contribution is 2.59. The topological polar surface area (TPSA) is 147 Å². The number of fused-ring (bicyclic) bond motifs is 2. The summed E-state index contributed by atoms with van der Waals surface area (Å²) in [7, 11) is 0.892. The minimum atomic E-state index is -1.02. The van der Waals surface area contributed by atoms with Crippen LogP contribution < -0.4 is 20.1 Å². The van der Waals surface area contributed by atoms with E-state index in [1.165, 1.54) is 6.42 Å². The van der Waals surface area contributed by atoms with Crippen LogP contribution in [0.15, 0.2) is 60.8 Å². The van der Waals surface area contributed by atoms with Crippen LogP contribution in [-0.2, 0) is 35.0 Å². The van der Waals surface area contributed by atoms with E-state index in [1.54, 1.807) is 39.0 Å². The van der Waals surface area contributed by atoms with Gasteiger partial charge in [-0.1, -0.05) is 71.9 Å². The minimum Gasteiger partial charge on any atom is -0.497 e. The van der Waals surface area contributed by atoms with Gasteiger partial charge in [-0.15, -0.1) is 0 Å². The maximum atomic E-state index is 15.2. The number of hydrogen-bond donors (Lipinski definition) is 2. The van der Waals surface area contributed by atoms with Crippen molar-refractivity contribution in [3.8, 4) is 11.6 Å². The lowest BCUT2D eigenvalue weighted by atomic mass is 9.49. The van der Waals surface area contributed by atoms with Gasteiger partial charge in [-0.2, -0.15) is 0 Å². The fraction of sp³-hybridized carbons (Fsp3) is 0.640. The van der Waals surface area contributed by atoms with Gasteiger partial charge in [0.1, 0.15) is 29.5 Å². The zero-order chi connectivity index (χ0) is 46.2. The molecule has 14 heteroatoms. The summed E-state index contributed by atoms with van der Waals surface area (Å²) < 4.78 is 38.0. The van der Waals surface area contributed by atoms with Crippen LogP contribution in [0.4, 0.5) is 4.79 Å². The Bertz CT molecular complexity index is 2120. The molecule has 2 N–H and O–H groups in total. The van der Waals surface area contributed by atoms with Crippen molar-refractivity contribution in [2.45, 2.75) is 156 Å². The maximum Gasteiger partial charge on any atom is 0.482 e. The largest absolute Gasteiger partial charge is 0.497 e. The molecule has 3 aliphatic carbocycles. The molecule has 1 aromatic heterocycles. The molecule has 2 aromatic carbocycles.